The molecule has 0 atom stereocenters. The SMILES string of the molecule is C1=CC(c2ccccc2)=CCC=C1Nc1ccccc1-c1ccccc1. The monoisotopic (exact) mass is 335 g/mol. The molecule has 0 saturated heterocycles. The van der Waals surface area contributed by atoms with Gasteiger partial charge in [-0.05, 0) is 35.3 Å². The molecule has 1 N–H and O–H groups in total. The first kappa shape index (κ1) is 16.2. The van der Waals surface area contributed by atoms with Crippen molar-refractivity contribution in [3.8, 4) is 11.1 Å². The maximum Gasteiger partial charge on any atom is 0.0463 e. The third-order valence-corrected chi connectivity index (χ3v) is 4.52. The Balaban J connectivity index is 1.57. The summed E-state index contributed by atoms with van der Waals surface area (Å²) in [7, 11) is 0. The quantitative estimate of drug-likeness (QED) is 0.560. The van der Waals surface area contributed by atoms with Crippen molar-refractivity contribution in [2.45, 2.75) is 6.42 Å². The van der Waals surface area contributed by atoms with Gasteiger partial charge in [-0.25, -0.2) is 0 Å². The summed E-state index contributed by atoms with van der Waals surface area (Å²) in [5, 5.41) is 3.60. The summed E-state index contributed by atoms with van der Waals surface area (Å²) < 4.78 is 0. The van der Waals surface area contributed by atoms with Gasteiger partial charge in [0, 0.05) is 16.9 Å². The van der Waals surface area contributed by atoms with E-state index in [-0.39, 0.29) is 0 Å². The van der Waals surface area contributed by atoms with Crippen LogP contribution in [0, 0.1) is 0 Å². The summed E-state index contributed by atoms with van der Waals surface area (Å²) >= 11 is 0. The fourth-order valence-corrected chi connectivity index (χ4v) is 3.18. The smallest absolute Gasteiger partial charge is 0.0463 e. The van der Waals surface area contributed by atoms with Crippen molar-refractivity contribution in [1.82, 2.24) is 0 Å². The topological polar surface area (TPSA) is 12.0 Å². The molecule has 0 fully saturated rings. The van der Waals surface area contributed by atoms with Crippen LogP contribution < -0.4 is 5.32 Å². The van der Waals surface area contributed by atoms with E-state index in [4.69, 9.17) is 0 Å². The van der Waals surface area contributed by atoms with Crippen LogP contribution in [0.1, 0.15) is 12.0 Å². The summed E-state index contributed by atoms with van der Waals surface area (Å²) in [4.78, 5) is 0. The second-order valence-electron chi connectivity index (χ2n) is 6.29. The van der Waals surface area contributed by atoms with Crippen molar-refractivity contribution < 1.29 is 0 Å². The highest BCUT2D eigenvalue weighted by molar-refractivity contribution is 5.80. The summed E-state index contributed by atoms with van der Waals surface area (Å²) in [6.07, 6.45) is 9.75. The van der Waals surface area contributed by atoms with E-state index < -0.39 is 0 Å². The molecule has 26 heavy (non-hydrogen) atoms. The molecule has 3 aromatic rings. The minimum atomic E-state index is 0.910. The fraction of sp³-hybridized carbons (Fsp3) is 0.0400. The molecular formula is C25H21N. The fourth-order valence-electron chi connectivity index (χ4n) is 3.18. The highest BCUT2D eigenvalue weighted by Crippen LogP contribution is 2.29. The molecule has 1 aliphatic rings. The predicted octanol–water partition coefficient (Wildman–Crippen LogP) is 6.69. The third-order valence-electron chi connectivity index (χ3n) is 4.52. The van der Waals surface area contributed by atoms with E-state index in [2.05, 4.69) is 108 Å². The Bertz CT molecular complexity index is 963. The van der Waals surface area contributed by atoms with Crippen LogP contribution >= 0.6 is 0 Å². The second kappa shape index (κ2) is 7.71. The number of rotatable bonds is 4. The molecule has 0 unspecified atom stereocenters. The Morgan fingerprint density at radius 1 is 0.577 bits per heavy atom. The van der Waals surface area contributed by atoms with Crippen LogP contribution in [0.4, 0.5) is 5.69 Å². The predicted molar refractivity (Wildman–Crippen MR) is 112 cm³/mol. The van der Waals surface area contributed by atoms with E-state index in [1.807, 2.05) is 6.07 Å². The molecule has 1 aliphatic carbocycles. The molecule has 0 aromatic heterocycles. The van der Waals surface area contributed by atoms with Crippen LogP contribution in [0.25, 0.3) is 16.7 Å². The summed E-state index contributed by atoms with van der Waals surface area (Å²) in [6, 6.07) is 29.5. The van der Waals surface area contributed by atoms with E-state index in [0.29, 0.717) is 0 Å². The minimum Gasteiger partial charge on any atom is -0.355 e. The van der Waals surface area contributed by atoms with Crippen LogP contribution in [-0.2, 0) is 0 Å². The number of hydrogen-bond donors (Lipinski definition) is 1. The van der Waals surface area contributed by atoms with Gasteiger partial charge >= 0.3 is 0 Å². The molecule has 1 heteroatoms. The van der Waals surface area contributed by atoms with Crippen molar-refractivity contribution in [1.29, 1.82) is 0 Å². The van der Waals surface area contributed by atoms with E-state index in [0.717, 1.165) is 17.8 Å². The van der Waals surface area contributed by atoms with Crippen molar-refractivity contribution in [2.24, 2.45) is 0 Å². The van der Waals surface area contributed by atoms with E-state index in [1.165, 1.54) is 22.3 Å². The molecule has 0 amide bonds. The highest BCUT2D eigenvalue weighted by Gasteiger charge is 2.06. The first-order valence-corrected chi connectivity index (χ1v) is 8.95. The Labute approximate surface area is 155 Å². The summed E-state index contributed by atoms with van der Waals surface area (Å²) in [5.41, 5.74) is 7.19. The third kappa shape index (κ3) is 3.68. The van der Waals surface area contributed by atoms with Gasteiger partial charge in [-0.3, -0.25) is 0 Å². The van der Waals surface area contributed by atoms with Crippen LogP contribution in [0.15, 0.2) is 115 Å². The number of nitrogens with one attached hydrogen (secondary N) is 1. The first-order chi connectivity index (χ1) is 12.9. The Morgan fingerprint density at radius 2 is 1.23 bits per heavy atom. The van der Waals surface area contributed by atoms with Gasteiger partial charge in [-0.2, -0.15) is 0 Å². The molecule has 0 bridgehead atoms. The van der Waals surface area contributed by atoms with Crippen molar-refractivity contribution >= 4 is 11.3 Å². The summed E-state index contributed by atoms with van der Waals surface area (Å²) in [5.74, 6) is 0. The van der Waals surface area contributed by atoms with Gasteiger partial charge in [-0.15, -0.1) is 0 Å². The second-order valence-corrected chi connectivity index (χ2v) is 6.29. The van der Waals surface area contributed by atoms with Crippen LogP contribution in [0.2, 0.25) is 0 Å². The van der Waals surface area contributed by atoms with Gasteiger partial charge in [-0.1, -0.05) is 97.1 Å². The molecule has 1 nitrogen and oxygen atoms in total. The molecule has 3 aromatic carbocycles. The van der Waals surface area contributed by atoms with Crippen molar-refractivity contribution in [3.63, 3.8) is 0 Å². The molecule has 4 rings (SSSR count). The van der Waals surface area contributed by atoms with E-state index in [1.54, 1.807) is 0 Å². The van der Waals surface area contributed by atoms with Crippen molar-refractivity contribution in [3.05, 3.63) is 120 Å². The largest absolute Gasteiger partial charge is 0.355 e. The molecule has 126 valence electrons. The zero-order valence-electron chi connectivity index (χ0n) is 14.6. The standard InChI is InChI=1S/C25H21N/c1-3-10-20(11-4-1)21-14-9-15-23(19-18-21)26-25-17-8-7-16-24(25)22-12-5-2-6-13-22/h1-8,10-19,26H,9H2. The normalized spacial score (nSPS) is 13.5. The zero-order chi connectivity index (χ0) is 17.6. The van der Waals surface area contributed by atoms with Gasteiger partial charge in [0.25, 0.3) is 0 Å². The van der Waals surface area contributed by atoms with Crippen molar-refractivity contribution in [2.75, 3.05) is 5.32 Å². The number of allylic oxidation sites excluding steroid dienone is 5. The number of anilines is 1. The van der Waals surface area contributed by atoms with Gasteiger partial charge in [0.1, 0.15) is 0 Å². The van der Waals surface area contributed by atoms with E-state index >= 15 is 0 Å². The number of benzene rings is 3. The minimum absolute atomic E-state index is 0.910. The van der Waals surface area contributed by atoms with Gasteiger partial charge in [0.05, 0.1) is 0 Å². The van der Waals surface area contributed by atoms with Crippen LogP contribution in [-0.4, -0.2) is 0 Å². The van der Waals surface area contributed by atoms with E-state index in [9.17, 15) is 0 Å². The average molecular weight is 335 g/mol. The number of para-hydroxylation sites is 1. The summed E-state index contributed by atoms with van der Waals surface area (Å²) in [6.45, 7) is 0. The first-order valence-electron chi connectivity index (χ1n) is 8.95. The number of hydrogen-bond acceptors (Lipinski definition) is 1. The maximum absolute atomic E-state index is 3.60. The molecule has 0 radical (unpaired) electrons. The van der Waals surface area contributed by atoms with Gasteiger partial charge in [0.15, 0.2) is 0 Å². The van der Waals surface area contributed by atoms with Crippen LogP contribution in [0.3, 0.4) is 0 Å². The molecule has 0 saturated carbocycles. The van der Waals surface area contributed by atoms with Crippen LogP contribution in [0.5, 0.6) is 0 Å². The zero-order valence-corrected chi connectivity index (χ0v) is 14.6. The Kier molecular flexibility index (Phi) is 4.79. The molecule has 0 heterocycles. The van der Waals surface area contributed by atoms with Gasteiger partial charge in [0.2, 0.25) is 0 Å². The lowest BCUT2D eigenvalue weighted by molar-refractivity contribution is 1.34. The highest BCUT2D eigenvalue weighted by atomic mass is 14.9. The average Bonchev–Trinajstić information content (AvgIpc) is 2.95. The lowest BCUT2D eigenvalue weighted by atomic mass is 10.0. The Hall–Kier alpha value is -3.32. The molecular weight excluding hydrogens is 314 g/mol. The lowest BCUT2D eigenvalue weighted by Gasteiger charge is -2.13. The Morgan fingerprint density at radius 3 is 2.00 bits per heavy atom. The lowest BCUT2D eigenvalue weighted by Crippen LogP contribution is -1.98. The maximum atomic E-state index is 3.60. The molecule has 0 spiro atoms. The molecule has 0 aliphatic heterocycles. The van der Waals surface area contributed by atoms with Gasteiger partial charge < -0.3 is 5.32 Å².